The molecule has 0 bridgehead atoms. The Morgan fingerprint density at radius 1 is 1.41 bits per heavy atom. The number of amides is 2. The first-order chi connectivity index (χ1) is 10.3. The Labute approximate surface area is 125 Å². The van der Waals surface area contributed by atoms with E-state index < -0.39 is 24.7 Å². The molecule has 2 amide bonds. The molecule has 0 atom stereocenters. The Bertz CT molecular complexity index is 474. The van der Waals surface area contributed by atoms with Gasteiger partial charge in [0.2, 0.25) is 5.91 Å². The van der Waals surface area contributed by atoms with Crippen LogP contribution in [0.15, 0.2) is 22.8 Å². The van der Waals surface area contributed by atoms with Gasteiger partial charge in [-0.1, -0.05) is 0 Å². The average Bonchev–Trinajstić information content (AvgIpc) is 2.89. The summed E-state index contributed by atoms with van der Waals surface area (Å²) in [5.74, 6) is -0.499. The minimum Gasteiger partial charge on any atom is -0.467 e. The van der Waals surface area contributed by atoms with Crippen LogP contribution in [-0.4, -0.2) is 42.8 Å². The molecule has 0 saturated heterocycles. The number of nitrogens with one attached hydrogen (secondary N) is 1. The van der Waals surface area contributed by atoms with E-state index in [0.717, 1.165) is 0 Å². The molecule has 124 valence electrons. The van der Waals surface area contributed by atoms with Gasteiger partial charge in [0.1, 0.15) is 12.3 Å². The number of alkyl halides is 3. The van der Waals surface area contributed by atoms with Crippen molar-refractivity contribution in [2.45, 2.75) is 26.1 Å². The molecule has 1 heterocycles. The maximum Gasteiger partial charge on any atom is 0.407 e. The SMILES string of the molecule is CCOC(=O)NCCC(=O)N(Cc1ccco1)CC(F)(F)F. The highest BCUT2D eigenvalue weighted by Crippen LogP contribution is 2.19. The summed E-state index contributed by atoms with van der Waals surface area (Å²) in [6.45, 7) is -0.00149. The highest BCUT2D eigenvalue weighted by molar-refractivity contribution is 5.77. The fourth-order valence-electron chi connectivity index (χ4n) is 1.65. The first-order valence-electron chi connectivity index (χ1n) is 6.59. The third kappa shape index (κ3) is 7.00. The third-order valence-corrected chi connectivity index (χ3v) is 2.53. The second-order valence-corrected chi connectivity index (χ2v) is 4.34. The number of alkyl carbamates (subject to hydrolysis) is 1. The van der Waals surface area contributed by atoms with Gasteiger partial charge in [0.05, 0.1) is 19.4 Å². The predicted molar refractivity (Wildman–Crippen MR) is 69.8 cm³/mol. The molecular formula is C13H17F3N2O4. The highest BCUT2D eigenvalue weighted by Gasteiger charge is 2.33. The first-order valence-corrected chi connectivity index (χ1v) is 6.59. The molecule has 0 fully saturated rings. The van der Waals surface area contributed by atoms with Crippen molar-refractivity contribution in [2.75, 3.05) is 19.7 Å². The molecule has 0 aliphatic heterocycles. The smallest absolute Gasteiger partial charge is 0.407 e. The number of hydrogen-bond donors (Lipinski definition) is 1. The van der Waals surface area contributed by atoms with Crippen molar-refractivity contribution in [3.8, 4) is 0 Å². The molecule has 22 heavy (non-hydrogen) atoms. The molecule has 0 radical (unpaired) electrons. The van der Waals surface area contributed by atoms with Crippen LogP contribution in [0.1, 0.15) is 19.1 Å². The van der Waals surface area contributed by atoms with Crippen LogP contribution in [0.3, 0.4) is 0 Å². The van der Waals surface area contributed by atoms with Crippen LogP contribution in [0.25, 0.3) is 0 Å². The van der Waals surface area contributed by atoms with Crippen molar-refractivity contribution >= 4 is 12.0 Å². The number of furan rings is 1. The number of carbonyl (C=O) groups excluding carboxylic acids is 2. The summed E-state index contributed by atoms with van der Waals surface area (Å²) in [4.78, 5) is 23.5. The van der Waals surface area contributed by atoms with E-state index in [1.165, 1.54) is 18.4 Å². The van der Waals surface area contributed by atoms with Crippen LogP contribution in [0.2, 0.25) is 0 Å². The molecular weight excluding hydrogens is 305 g/mol. The van der Waals surface area contributed by atoms with Gasteiger partial charge in [-0.2, -0.15) is 13.2 Å². The van der Waals surface area contributed by atoms with Crippen LogP contribution in [0.4, 0.5) is 18.0 Å². The Kier molecular flexibility index (Phi) is 6.74. The molecule has 1 aromatic rings. The van der Waals surface area contributed by atoms with Gasteiger partial charge >= 0.3 is 12.3 Å². The molecule has 6 nitrogen and oxygen atoms in total. The molecule has 1 rings (SSSR count). The summed E-state index contributed by atoms with van der Waals surface area (Å²) >= 11 is 0. The lowest BCUT2D eigenvalue weighted by atomic mass is 10.3. The lowest BCUT2D eigenvalue weighted by Crippen LogP contribution is -2.40. The monoisotopic (exact) mass is 322 g/mol. The van der Waals surface area contributed by atoms with Crippen molar-refractivity contribution in [1.82, 2.24) is 10.2 Å². The summed E-state index contributed by atoms with van der Waals surface area (Å²) in [6, 6.07) is 3.00. The number of carbonyl (C=O) groups is 2. The molecule has 1 N–H and O–H groups in total. The minimum atomic E-state index is -4.52. The quantitative estimate of drug-likeness (QED) is 0.836. The van der Waals surface area contributed by atoms with Gasteiger partial charge in [-0.3, -0.25) is 4.79 Å². The molecule has 1 aromatic heterocycles. The molecule has 0 aliphatic carbocycles. The summed E-state index contributed by atoms with van der Waals surface area (Å²) in [5, 5.41) is 2.28. The van der Waals surface area contributed by atoms with Gasteiger partial charge < -0.3 is 19.4 Å². The van der Waals surface area contributed by atoms with Gasteiger partial charge in [0.15, 0.2) is 0 Å². The Morgan fingerprint density at radius 3 is 2.68 bits per heavy atom. The van der Waals surface area contributed by atoms with Gasteiger partial charge in [-0.05, 0) is 19.1 Å². The lowest BCUT2D eigenvalue weighted by Gasteiger charge is -2.23. The Hall–Kier alpha value is -2.19. The predicted octanol–water partition coefficient (Wildman–Crippen LogP) is 2.31. The summed E-state index contributed by atoms with van der Waals surface area (Å²) in [5.41, 5.74) is 0. The van der Waals surface area contributed by atoms with E-state index in [2.05, 4.69) is 10.1 Å². The zero-order valence-corrected chi connectivity index (χ0v) is 12.0. The van der Waals surface area contributed by atoms with E-state index in [0.29, 0.717) is 4.90 Å². The third-order valence-electron chi connectivity index (χ3n) is 2.53. The maximum absolute atomic E-state index is 12.5. The fourth-order valence-corrected chi connectivity index (χ4v) is 1.65. The average molecular weight is 322 g/mol. The van der Waals surface area contributed by atoms with E-state index in [1.54, 1.807) is 6.92 Å². The van der Waals surface area contributed by atoms with E-state index in [4.69, 9.17) is 4.42 Å². The highest BCUT2D eigenvalue weighted by atomic mass is 19.4. The van der Waals surface area contributed by atoms with Crippen LogP contribution < -0.4 is 5.32 Å². The van der Waals surface area contributed by atoms with Gasteiger partial charge in [-0.25, -0.2) is 4.79 Å². The molecule has 9 heteroatoms. The Balaban J connectivity index is 2.54. The molecule has 0 aliphatic rings. The van der Waals surface area contributed by atoms with Crippen molar-refractivity contribution in [2.24, 2.45) is 0 Å². The van der Waals surface area contributed by atoms with Crippen LogP contribution in [0.5, 0.6) is 0 Å². The number of ether oxygens (including phenoxy) is 1. The zero-order valence-electron chi connectivity index (χ0n) is 12.0. The van der Waals surface area contributed by atoms with Gasteiger partial charge in [0.25, 0.3) is 0 Å². The molecule has 0 saturated carbocycles. The fraction of sp³-hybridized carbons (Fsp3) is 0.538. The minimum absolute atomic E-state index is 0.107. The van der Waals surface area contributed by atoms with Crippen LogP contribution in [-0.2, 0) is 16.1 Å². The van der Waals surface area contributed by atoms with Crippen molar-refractivity contribution < 1.29 is 31.9 Å². The lowest BCUT2D eigenvalue weighted by molar-refractivity contribution is -0.162. The maximum atomic E-state index is 12.5. The van der Waals surface area contributed by atoms with Crippen LogP contribution in [0, 0.1) is 0 Å². The summed E-state index contributed by atoms with van der Waals surface area (Å²) in [6.07, 6.45) is -4.19. The molecule has 0 spiro atoms. The van der Waals surface area contributed by atoms with E-state index in [9.17, 15) is 22.8 Å². The summed E-state index contributed by atoms with van der Waals surface area (Å²) in [7, 11) is 0. The zero-order chi connectivity index (χ0) is 16.6. The largest absolute Gasteiger partial charge is 0.467 e. The van der Waals surface area contributed by atoms with Crippen LogP contribution >= 0.6 is 0 Å². The van der Waals surface area contributed by atoms with E-state index in [1.807, 2.05) is 0 Å². The van der Waals surface area contributed by atoms with Crippen molar-refractivity contribution in [1.29, 1.82) is 0 Å². The normalized spacial score (nSPS) is 11.1. The standard InChI is InChI=1S/C13H17F3N2O4/c1-2-21-12(20)17-6-5-11(19)18(9-13(14,15)16)8-10-4-3-7-22-10/h3-4,7H,2,5-6,8-9H2,1H3,(H,17,20). The molecule has 0 unspecified atom stereocenters. The number of halogens is 3. The molecule has 0 aromatic carbocycles. The van der Waals surface area contributed by atoms with E-state index in [-0.39, 0.29) is 31.9 Å². The topological polar surface area (TPSA) is 71.8 Å². The Morgan fingerprint density at radius 2 is 2.14 bits per heavy atom. The number of hydrogen-bond acceptors (Lipinski definition) is 4. The van der Waals surface area contributed by atoms with E-state index >= 15 is 0 Å². The van der Waals surface area contributed by atoms with Crippen molar-refractivity contribution in [3.63, 3.8) is 0 Å². The van der Waals surface area contributed by atoms with Gasteiger partial charge in [0, 0.05) is 13.0 Å². The summed E-state index contributed by atoms with van der Waals surface area (Å²) < 4.78 is 47.1. The number of rotatable bonds is 7. The second kappa shape index (κ2) is 8.30. The second-order valence-electron chi connectivity index (χ2n) is 4.34. The van der Waals surface area contributed by atoms with Gasteiger partial charge in [-0.15, -0.1) is 0 Å². The first kappa shape index (κ1) is 17.9. The number of nitrogens with zero attached hydrogens (tertiary/aromatic N) is 1. The van der Waals surface area contributed by atoms with Crippen molar-refractivity contribution in [3.05, 3.63) is 24.2 Å².